The highest BCUT2D eigenvalue weighted by atomic mass is 35.5. The highest BCUT2D eigenvalue weighted by molar-refractivity contribution is 6.30. The third-order valence-electron chi connectivity index (χ3n) is 2.62. The zero-order chi connectivity index (χ0) is 11.5. The van der Waals surface area contributed by atoms with Gasteiger partial charge in [-0.2, -0.15) is 0 Å². The van der Waals surface area contributed by atoms with E-state index in [1.54, 1.807) is 0 Å². The first kappa shape index (κ1) is 11.1. The number of hydrogen-bond acceptors (Lipinski definition) is 4. The van der Waals surface area contributed by atoms with E-state index in [9.17, 15) is 4.79 Å². The molecule has 1 aliphatic heterocycles. The third kappa shape index (κ3) is 2.24. The van der Waals surface area contributed by atoms with Gasteiger partial charge in [0.25, 0.3) is 0 Å². The second-order valence-electron chi connectivity index (χ2n) is 3.77. The lowest BCUT2D eigenvalue weighted by atomic mass is 10.1. The molecule has 2 heterocycles. The number of hydrogen-bond donors (Lipinski definition) is 2. The molecule has 1 aromatic heterocycles. The van der Waals surface area contributed by atoms with Crippen LogP contribution in [0.15, 0.2) is 6.33 Å². The largest absolute Gasteiger partial charge is 0.358 e. The third-order valence-corrected chi connectivity index (χ3v) is 3.00. The molecule has 1 saturated heterocycles. The van der Waals surface area contributed by atoms with E-state index in [0.717, 1.165) is 24.9 Å². The van der Waals surface area contributed by atoms with Crippen molar-refractivity contribution in [3.05, 3.63) is 17.0 Å². The fourth-order valence-corrected chi connectivity index (χ4v) is 1.78. The highest BCUT2D eigenvalue weighted by Gasteiger charge is 2.22. The van der Waals surface area contributed by atoms with Crippen molar-refractivity contribution in [2.45, 2.75) is 25.8 Å². The summed E-state index contributed by atoms with van der Waals surface area (Å²) in [6, 6.07) is -0.224. The summed E-state index contributed by atoms with van der Waals surface area (Å²) in [5.41, 5.74) is 0.766. The molecule has 0 aliphatic carbocycles. The molecule has 1 aromatic rings. The zero-order valence-electron chi connectivity index (χ0n) is 8.96. The van der Waals surface area contributed by atoms with Crippen molar-refractivity contribution in [1.82, 2.24) is 15.3 Å². The molecule has 1 atom stereocenters. The molecule has 0 saturated carbocycles. The Bertz CT molecular complexity index is 410. The normalized spacial score (nSPS) is 20.4. The van der Waals surface area contributed by atoms with Crippen molar-refractivity contribution in [3.63, 3.8) is 0 Å². The van der Waals surface area contributed by atoms with Gasteiger partial charge in [-0.15, -0.1) is 0 Å². The lowest BCUT2D eigenvalue weighted by molar-refractivity contribution is -0.123. The number of anilines is 1. The molecule has 86 valence electrons. The summed E-state index contributed by atoms with van der Waals surface area (Å²) in [5, 5.41) is 6.31. The van der Waals surface area contributed by atoms with Gasteiger partial charge in [0.15, 0.2) is 0 Å². The zero-order valence-corrected chi connectivity index (χ0v) is 9.71. The molecule has 0 bridgehead atoms. The SMILES string of the molecule is Cc1c(Cl)ncnc1NC1CCCNC1=O. The van der Waals surface area contributed by atoms with E-state index in [2.05, 4.69) is 20.6 Å². The van der Waals surface area contributed by atoms with Gasteiger partial charge < -0.3 is 10.6 Å². The fraction of sp³-hybridized carbons (Fsp3) is 0.500. The molecule has 1 aliphatic rings. The Morgan fingerprint density at radius 2 is 2.38 bits per heavy atom. The Balaban J connectivity index is 2.14. The Labute approximate surface area is 98.6 Å². The number of carbonyl (C=O) groups excluding carboxylic acids is 1. The van der Waals surface area contributed by atoms with Crippen molar-refractivity contribution in [3.8, 4) is 0 Å². The van der Waals surface area contributed by atoms with Crippen LogP contribution in [0.25, 0.3) is 0 Å². The van der Waals surface area contributed by atoms with Crippen LogP contribution in [0, 0.1) is 6.92 Å². The average Bonchev–Trinajstić information content (AvgIpc) is 2.28. The van der Waals surface area contributed by atoms with Crippen molar-refractivity contribution < 1.29 is 4.79 Å². The van der Waals surface area contributed by atoms with Crippen LogP contribution >= 0.6 is 11.6 Å². The molecule has 6 heteroatoms. The van der Waals surface area contributed by atoms with Gasteiger partial charge in [0, 0.05) is 12.1 Å². The smallest absolute Gasteiger partial charge is 0.242 e. The van der Waals surface area contributed by atoms with Crippen LogP contribution in [0.1, 0.15) is 18.4 Å². The number of aromatic nitrogens is 2. The van der Waals surface area contributed by atoms with Gasteiger partial charge in [0.1, 0.15) is 23.3 Å². The van der Waals surface area contributed by atoms with E-state index in [4.69, 9.17) is 11.6 Å². The Morgan fingerprint density at radius 3 is 3.12 bits per heavy atom. The molecule has 0 aromatic carbocycles. The topological polar surface area (TPSA) is 66.9 Å². The molecular weight excluding hydrogens is 228 g/mol. The van der Waals surface area contributed by atoms with E-state index in [1.165, 1.54) is 6.33 Å². The fourth-order valence-electron chi connectivity index (χ4n) is 1.65. The van der Waals surface area contributed by atoms with Crippen LogP contribution < -0.4 is 10.6 Å². The van der Waals surface area contributed by atoms with Crippen LogP contribution in [-0.4, -0.2) is 28.5 Å². The van der Waals surface area contributed by atoms with Crippen molar-refractivity contribution in [1.29, 1.82) is 0 Å². The van der Waals surface area contributed by atoms with E-state index in [1.807, 2.05) is 6.92 Å². The van der Waals surface area contributed by atoms with Gasteiger partial charge in [-0.25, -0.2) is 9.97 Å². The maximum Gasteiger partial charge on any atom is 0.242 e. The molecule has 0 radical (unpaired) electrons. The van der Waals surface area contributed by atoms with E-state index < -0.39 is 0 Å². The van der Waals surface area contributed by atoms with Crippen LogP contribution in [0.5, 0.6) is 0 Å². The maximum absolute atomic E-state index is 11.5. The average molecular weight is 241 g/mol. The van der Waals surface area contributed by atoms with Crippen molar-refractivity contribution >= 4 is 23.3 Å². The monoisotopic (exact) mass is 240 g/mol. The number of carbonyl (C=O) groups is 1. The van der Waals surface area contributed by atoms with E-state index in [0.29, 0.717) is 11.0 Å². The predicted octanol–water partition coefficient (Wildman–Crippen LogP) is 1.13. The molecular formula is C10H13ClN4O. The molecule has 2 rings (SSSR count). The van der Waals surface area contributed by atoms with Crippen LogP contribution in [0.3, 0.4) is 0 Å². The van der Waals surface area contributed by atoms with E-state index in [-0.39, 0.29) is 11.9 Å². The number of piperidine rings is 1. The minimum absolute atomic E-state index is 0.0142. The minimum Gasteiger partial charge on any atom is -0.358 e. The van der Waals surface area contributed by atoms with Gasteiger partial charge in [-0.05, 0) is 19.8 Å². The van der Waals surface area contributed by atoms with Gasteiger partial charge in [-0.3, -0.25) is 4.79 Å². The summed E-state index contributed by atoms with van der Waals surface area (Å²) in [6.07, 6.45) is 3.17. The molecule has 2 N–H and O–H groups in total. The summed E-state index contributed by atoms with van der Waals surface area (Å²) < 4.78 is 0. The number of halogens is 1. The minimum atomic E-state index is -0.224. The summed E-state index contributed by atoms with van der Waals surface area (Å²) in [5.74, 6) is 0.641. The number of amides is 1. The maximum atomic E-state index is 11.5. The first-order valence-corrected chi connectivity index (χ1v) is 5.57. The van der Waals surface area contributed by atoms with Crippen LogP contribution in [0.4, 0.5) is 5.82 Å². The van der Waals surface area contributed by atoms with Gasteiger partial charge >= 0.3 is 0 Å². The van der Waals surface area contributed by atoms with Crippen molar-refractivity contribution in [2.24, 2.45) is 0 Å². The lowest BCUT2D eigenvalue weighted by Crippen LogP contribution is -2.44. The number of rotatable bonds is 2. The summed E-state index contributed by atoms with van der Waals surface area (Å²) in [7, 11) is 0. The van der Waals surface area contributed by atoms with Crippen LogP contribution in [-0.2, 0) is 4.79 Å². The highest BCUT2D eigenvalue weighted by Crippen LogP contribution is 2.20. The standard InChI is InChI=1S/C10H13ClN4O/c1-6-8(11)13-5-14-9(6)15-7-3-2-4-12-10(7)16/h5,7H,2-4H2,1H3,(H,12,16)(H,13,14,15). The second-order valence-corrected chi connectivity index (χ2v) is 4.13. The quantitative estimate of drug-likeness (QED) is 0.761. The lowest BCUT2D eigenvalue weighted by Gasteiger charge is -2.23. The predicted molar refractivity (Wildman–Crippen MR) is 61.4 cm³/mol. The first-order chi connectivity index (χ1) is 7.68. The summed E-state index contributed by atoms with van der Waals surface area (Å²) >= 11 is 5.88. The Kier molecular flexibility index (Phi) is 3.24. The van der Waals surface area contributed by atoms with Gasteiger partial charge in [0.2, 0.25) is 5.91 Å². The Hall–Kier alpha value is -1.36. The molecule has 1 unspecified atom stereocenters. The Morgan fingerprint density at radius 1 is 1.56 bits per heavy atom. The van der Waals surface area contributed by atoms with Crippen LogP contribution in [0.2, 0.25) is 5.15 Å². The molecule has 1 fully saturated rings. The first-order valence-electron chi connectivity index (χ1n) is 5.20. The summed E-state index contributed by atoms with van der Waals surface area (Å²) in [6.45, 7) is 2.58. The molecule has 5 nitrogen and oxygen atoms in total. The van der Waals surface area contributed by atoms with Gasteiger partial charge in [0.05, 0.1) is 0 Å². The number of nitrogens with zero attached hydrogens (tertiary/aromatic N) is 2. The molecule has 1 amide bonds. The van der Waals surface area contributed by atoms with Gasteiger partial charge in [-0.1, -0.05) is 11.6 Å². The summed E-state index contributed by atoms with van der Waals surface area (Å²) in [4.78, 5) is 19.5. The van der Waals surface area contributed by atoms with E-state index >= 15 is 0 Å². The van der Waals surface area contributed by atoms with Crippen molar-refractivity contribution in [2.75, 3.05) is 11.9 Å². The second kappa shape index (κ2) is 4.65. The number of nitrogens with one attached hydrogen (secondary N) is 2. The molecule has 16 heavy (non-hydrogen) atoms. The molecule has 0 spiro atoms.